The fraction of sp³-hybridized carbons (Fsp3) is 0.529. The van der Waals surface area contributed by atoms with E-state index in [0.717, 1.165) is 37.4 Å². The van der Waals surface area contributed by atoms with Crippen molar-refractivity contribution in [2.45, 2.75) is 37.5 Å². The highest BCUT2D eigenvalue weighted by Crippen LogP contribution is 2.26. The quantitative estimate of drug-likeness (QED) is 0.728. The second-order valence-electron chi connectivity index (χ2n) is 6.23. The molecule has 0 bridgehead atoms. The van der Waals surface area contributed by atoms with Gasteiger partial charge in [0.15, 0.2) is 0 Å². The van der Waals surface area contributed by atoms with Gasteiger partial charge in [0.2, 0.25) is 15.9 Å². The van der Waals surface area contributed by atoms with Crippen molar-refractivity contribution in [2.75, 3.05) is 29.9 Å². The molecule has 9 heteroatoms. The van der Waals surface area contributed by atoms with Crippen molar-refractivity contribution in [1.82, 2.24) is 4.31 Å². The predicted octanol–water partition coefficient (Wildman–Crippen LogP) is 2.32. The number of rotatable bonds is 7. The van der Waals surface area contributed by atoms with Crippen LogP contribution in [0, 0.1) is 6.92 Å². The van der Waals surface area contributed by atoms with E-state index in [0.29, 0.717) is 24.3 Å². The predicted molar refractivity (Wildman–Crippen MR) is 102 cm³/mol. The lowest BCUT2D eigenvalue weighted by Crippen LogP contribution is -2.32. The third-order valence-electron chi connectivity index (χ3n) is 4.11. The Morgan fingerprint density at radius 1 is 1.15 bits per heavy atom. The molecule has 0 saturated carbocycles. The highest BCUT2D eigenvalue weighted by Gasteiger charge is 2.27. The van der Waals surface area contributed by atoms with Crippen LogP contribution in [0.25, 0.3) is 0 Å². The molecular formula is C17H24N2O5S2. The van der Waals surface area contributed by atoms with Crippen LogP contribution in [0.2, 0.25) is 0 Å². The zero-order chi connectivity index (χ0) is 19.2. The molecule has 1 aliphatic rings. The summed E-state index contributed by atoms with van der Waals surface area (Å²) in [4.78, 5) is 22.6. The summed E-state index contributed by atoms with van der Waals surface area (Å²) in [6.07, 6.45) is 3.79. The Bertz CT molecular complexity index is 756. The number of carboxylic acids is 1. The Kier molecular flexibility index (Phi) is 7.48. The van der Waals surface area contributed by atoms with Crippen LogP contribution in [0.4, 0.5) is 5.69 Å². The average Bonchev–Trinajstić information content (AvgIpc) is 2.86. The Morgan fingerprint density at radius 3 is 2.42 bits per heavy atom. The Morgan fingerprint density at radius 2 is 1.81 bits per heavy atom. The van der Waals surface area contributed by atoms with Crippen molar-refractivity contribution < 1.29 is 23.1 Å². The summed E-state index contributed by atoms with van der Waals surface area (Å²) in [5, 5.41) is 11.2. The minimum atomic E-state index is -3.60. The molecule has 2 N–H and O–H groups in total. The van der Waals surface area contributed by atoms with Gasteiger partial charge >= 0.3 is 5.97 Å². The van der Waals surface area contributed by atoms with Gasteiger partial charge in [-0.3, -0.25) is 9.59 Å². The highest BCUT2D eigenvalue weighted by molar-refractivity contribution is 8.00. The number of nitrogens with zero attached hydrogens (tertiary/aromatic N) is 1. The molecule has 1 heterocycles. The number of amides is 1. The van der Waals surface area contributed by atoms with E-state index in [2.05, 4.69) is 5.32 Å². The summed E-state index contributed by atoms with van der Waals surface area (Å²) < 4.78 is 27.5. The minimum Gasteiger partial charge on any atom is -0.481 e. The number of carbonyl (C=O) groups is 2. The van der Waals surface area contributed by atoms with Crippen molar-refractivity contribution >= 4 is 39.3 Å². The first-order valence-corrected chi connectivity index (χ1v) is 11.1. The van der Waals surface area contributed by atoms with E-state index < -0.39 is 16.0 Å². The number of benzene rings is 1. The van der Waals surface area contributed by atoms with Crippen LogP contribution in [0.3, 0.4) is 0 Å². The average molecular weight is 401 g/mol. The molecule has 0 aromatic heterocycles. The molecule has 144 valence electrons. The first-order chi connectivity index (χ1) is 12.3. The lowest BCUT2D eigenvalue weighted by Gasteiger charge is -2.21. The first-order valence-electron chi connectivity index (χ1n) is 8.51. The third-order valence-corrected chi connectivity index (χ3v) is 7.07. The Balaban J connectivity index is 2.13. The maximum Gasteiger partial charge on any atom is 0.313 e. The Labute approximate surface area is 158 Å². The molecule has 0 atom stereocenters. The molecule has 1 aromatic rings. The summed E-state index contributed by atoms with van der Waals surface area (Å²) in [6.45, 7) is 2.77. The minimum absolute atomic E-state index is 0.00557. The first kappa shape index (κ1) is 20.7. The molecule has 0 radical (unpaired) electrons. The van der Waals surface area contributed by atoms with Crippen molar-refractivity contribution in [3.63, 3.8) is 0 Å². The normalized spacial score (nSPS) is 16.0. The molecular weight excluding hydrogens is 376 g/mol. The van der Waals surface area contributed by atoms with Gasteiger partial charge in [-0.1, -0.05) is 18.9 Å². The number of aryl methyl sites for hydroxylation is 1. The Hall–Kier alpha value is -1.58. The zero-order valence-corrected chi connectivity index (χ0v) is 16.4. The summed E-state index contributed by atoms with van der Waals surface area (Å²) >= 11 is 0.989. The lowest BCUT2D eigenvalue weighted by atomic mass is 10.2. The van der Waals surface area contributed by atoms with Crippen LogP contribution in [0.1, 0.15) is 31.2 Å². The van der Waals surface area contributed by atoms with Gasteiger partial charge in [-0.05, 0) is 37.5 Å². The third kappa shape index (κ3) is 5.72. The molecule has 0 aliphatic carbocycles. The lowest BCUT2D eigenvalue weighted by molar-refractivity contribution is -0.133. The van der Waals surface area contributed by atoms with Gasteiger partial charge in [0.25, 0.3) is 0 Å². The second-order valence-corrected chi connectivity index (χ2v) is 9.13. The monoisotopic (exact) mass is 400 g/mol. The maximum atomic E-state index is 13.0. The number of anilines is 1. The molecule has 1 saturated heterocycles. The summed E-state index contributed by atoms with van der Waals surface area (Å²) in [6, 6.07) is 4.80. The number of hydrogen-bond acceptors (Lipinski definition) is 5. The number of sulfonamides is 1. The van der Waals surface area contributed by atoms with E-state index in [-0.39, 0.29) is 22.3 Å². The number of hydrogen-bond donors (Lipinski definition) is 2. The standard InChI is InChI=1S/C17H24N2O5S2/c1-13-6-7-14(18-16(20)11-25-12-17(21)22)10-15(13)26(23,24)19-8-4-2-3-5-9-19/h6-7,10H,2-5,8-9,11-12H2,1H3,(H,18,20)(H,21,22). The van der Waals surface area contributed by atoms with Crippen LogP contribution in [0.5, 0.6) is 0 Å². The molecule has 0 unspecified atom stereocenters. The molecule has 0 spiro atoms. The molecule has 2 rings (SSSR count). The fourth-order valence-corrected chi connectivity index (χ4v) is 5.11. The molecule has 1 aromatic carbocycles. The van der Waals surface area contributed by atoms with Gasteiger partial charge in [-0.25, -0.2) is 8.42 Å². The fourth-order valence-electron chi connectivity index (χ4n) is 2.80. The molecule has 26 heavy (non-hydrogen) atoms. The maximum absolute atomic E-state index is 13.0. The zero-order valence-electron chi connectivity index (χ0n) is 14.7. The molecule has 1 fully saturated rings. The summed E-state index contributed by atoms with van der Waals surface area (Å²) in [5.41, 5.74) is 1.03. The van der Waals surface area contributed by atoms with Crippen molar-refractivity contribution in [3.05, 3.63) is 23.8 Å². The van der Waals surface area contributed by atoms with Gasteiger partial charge in [-0.15, -0.1) is 11.8 Å². The van der Waals surface area contributed by atoms with E-state index in [1.165, 1.54) is 10.4 Å². The van der Waals surface area contributed by atoms with Gasteiger partial charge in [0.1, 0.15) is 0 Å². The number of carboxylic acid groups (broad SMARTS) is 1. The number of aliphatic carboxylic acids is 1. The van der Waals surface area contributed by atoms with E-state index in [9.17, 15) is 18.0 Å². The van der Waals surface area contributed by atoms with Gasteiger partial charge in [0.05, 0.1) is 16.4 Å². The van der Waals surface area contributed by atoms with Crippen molar-refractivity contribution in [3.8, 4) is 0 Å². The van der Waals surface area contributed by atoms with Gasteiger partial charge in [-0.2, -0.15) is 4.31 Å². The van der Waals surface area contributed by atoms with E-state index in [1.54, 1.807) is 19.1 Å². The van der Waals surface area contributed by atoms with Gasteiger partial charge in [0, 0.05) is 18.8 Å². The van der Waals surface area contributed by atoms with Crippen LogP contribution < -0.4 is 5.32 Å². The van der Waals surface area contributed by atoms with E-state index in [1.807, 2.05) is 0 Å². The summed E-state index contributed by atoms with van der Waals surface area (Å²) in [5.74, 6) is -1.51. The van der Waals surface area contributed by atoms with Crippen LogP contribution >= 0.6 is 11.8 Å². The van der Waals surface area contributed by atoms with Crippen molar-refractivity contribution in [2.24, 2.45) is 0 Å². The molecule has 1 amide bonds. The summed E-state index contributed by atoms with van der Waals surface area (Å²) in [7, 11) is -3.60. The van der Waals surface area contributed by atoms with Crippen molar-refractivity contribution in [1.29, 1.82) is 0 Å². The SMILES string of the molecule is Cc1ccc(NC(=O)CSCC(=O)O)cc1S(=O)(=O)N1CCCCCC1. The van der Waals surface area contributed by atoms with Crippen LogP contribution in [-0.4, -0.2) is 54.3 Å². The van der Waals surface area contributed by atoms with E-state index in [4.69, 9.17) is 5.11 Å². The van der Waals surface area contributed by atoms with Gasteiger partial charge < -0.3 is 10.4 Å². The topological polar surface area (TPSA) is 104 Å². The van der Waals surface area contributed by atoms with Crippen LogP contribution in [0.15, 0.2) is 23.1 Å². The number of thioether (sulfide) groups is 1. The second kappa shape index (κ2) is 9.38. The van der Waals surface area contributed by atoms with E-state index >= 15 is 0 Å². The van der Waals surface area contributed by atoms with Crippen LogP contribution in [-0.2, 0) is 19.6 Å². The number of carbonyl (C=O) groups excluding carboxylic acids is 1. The largest absolute Gasteiger partial charge is 0.481 e. The number of nitrogens with one attached hydrogen (secondary N) is 1. The highest BCUT2D eigenvalue weighted by atomic mass is 32.2. The smallest absolute Gasteiger partial charge is 0.313 e. The molecule has 1 aliphatic heterocycles. The molecule has 7 nitrogen and oxygen atoms in total.